The summed E-state index contributed by atoms with van der Waals surface area (Å²) in [6, 6.07) is 21.0. The molecule has 0 spiro atoms. The van der Waals surface area contributed by atoms with Crippen molar-refractivity contribution in [1.82, 2.24) is 0 Å². The number of ether oxygens (including phenoxy) is 1. The molecule has 0 amide bonds. The lowest BCUT2D eigenvalue weighted by atomic mass is 9.99. The molecule has 144 valence electrons. The van der Waals surface area contributed by atoms with Crippen LogP contribution in [0.1, 0.15) is 27.0 Å². The van der Waals surface area contributed by atoms with Crippen molar-refractivity contribution in [1.29, 1.82) is 0 Å². The van der Waals surface area contributed by atoms with Crippen LogP contribution in [-0.2, 0) is 11.3 Å². The standard InChI is InChI=1S/C23H21ClINO2/c1-16-6-2-4-8-19(16)23(27)20-11-10-18(14-21(20)24)26-22-9-5-3-7-17(22)15-28-13-12-25/h2-11,14,26H,12-13,15H2,1H3. The molecule has 0 heterocycles. The van der Waals surface area contributed by atoms with Crippen molar-refractivity contribution >= 4 is 51.3 Å². The molecule has 0 fully saturated rings. The lowest BCUT2D eigenvalue weighted by molar-refractivity contribution is 0.103. The van der Waals surface area contributed by atoms with Crippen molar-refractivity contribution in [3.05, 3.63) is 94.0 Å². The lowest BCUT2D eigenvalue weighted by Crippen LogP contribution is -2.05. The van der Waals surface area contributed by atoms with Gasteiger partial charge in [-0.1, -0.05) is 76.7 Å². The Balaban J connectivity index is 1.80. The predicted octanol–water partition coefficient (Wildman–Crippen LogP) is 6.57. The van der Waals surface area contributed by atoms with E-state index in [1.165, 1.54) is 0 Å². The number of nitrogens with one attached hydrogen (secondary N) is 1. The van der Waals surface area contributed by atoms with E-state index in [1.54, 1.807) is 12.1 Å². The molecule has 3 rings (SSSR count). The number of carbonyl (C=O) groups excluding carboxylic acids is 1. The fraction of sp³-hybridized carbons (Fsp3) is 0.174. The fourth-order valence-corrected chi connectivity index (χ4v) is 3.49. The molecule has 3 nitrogen and oxygen atoms in total. The second-order valence-electron chi connectivity index (χ2n) is 6.36. The summed E-state index contributed by atoms with van der Waals surface area (Å²) in [6.07, 6.45) is 0. The van der Waals surface area contributed by atoms with Crippen LogP contribution in [0, 0.1) is 6.92 Å². The maximum Gasteiger partial charge on any atom is 0.194 e. The first kappa shape index (κ1) is 20.8. The molecule has 0 saturated carbocycles. The van der Waals surface area contributed by atoms with Crippen LogP contribution in [-0.4, -0.2) is 16.8 Å². The van der Waals surface area contributed by atoms with E-state index in [4.69, 9.17) is 16.3 Å². The van der Waals surface area contributed by atoms with Gasteiger partial charge in [0.2, 0.25) is 0 Å². The van der Waals surface area contributed by atoms with Gasteiger partial charge in [0.25, 0.3) is 0 Å². The van der Waals surface area contributed by atoms with Crippen LogP contribution >= 0.6 is 34.2 Å². The second-order valence-corrected chi connectivity index (χ2v) is 7.85. The van der Waals surface area contributed by atoms with Gasteiger partial charge in [0.1, 0.15) is 0 Å². The van der Waals surface area contributed by atoms with Crippen molar-refractivity contribution in [3.8, 4) is 0 Å². The number of hydrogen-bond acceptors (Lipinski definition) is 3. The average Bonchev–Trinajstić information content (AvgIpc) is 2.69. The number of hydrogen-bond donors (Lipinski definition) is 1. The Morgan fingerprint density at radius 2 is 1.79 bits per heavy atom. The van der Waals surface area contributed by atoms with Crippen molar-refractivity contribution in [2.45, 2.75) is 13.5 Å². The van der Waals surface area contributed by atoms with Gasteiger partial charge in [0.15, 0.2) is 5.78 Å². The van der Waals surface area contributed by atoms with Crippen molar-refractivity contribution in [2.75, 3.05) is 16.4 Å². The van der Waals surface area contributed by atoms with E-state index in [9.17, 15) is 4.79 Å². The summed E-state index contributed by atoms with van der Waals surface area (Å²) in [7, 11) is 0. The third-order valence-corrected chi connectivity index (χ3v) is 5.13. The molecule has 5 heteroatoms. The van der Waals surface area contributed by atoms with Gasteiger partial charge < -0.3 is 10.1 Å². The van der Waals surface area contributed by atoms with Crippen LogP contribution in [0.15, 0.2) is 66.7 Å². The molecular formula is C23H21ClINO2. The highest BCUT2D eigenvalue weighted by Gasteiger charge is 2.15. The van der Waals surface area contributed by atoms with Gasteiger partial charge in [-0.05, 0) is 36.8 Å². The third-order valence-electron chi connectivity index (χ3n) is 4.38. The fourth-order valence-electron chi connectivity index (χ4n) is 2.91. The monoisotopic (exact) mass is 505 g/mol. The molecule has 3 aromatic rings. The maximum atomic E-state index is 12.8. The van der Waals surface area contributed by atoms with Crippen LogP contribution in [0.3, 0.4) is 0 Å². The minimum Gasteiger partial charge on any atom is -0.376 e. The summed E-state index contributed by atoms with van der Waals surface area (Å²) in [4.78, 5) is 12.8. The Hall–Kier alpha value is -1.89. The van der Waals surface area contributed by atoms with Crippen molar-refractivity contribution < 1.29 is 9.53 Å². The van der Waals surface area contributed by atoms with E-state index in [1.807, 2.05) is 61.5 Å². The summed E-state index contributed by atoms with van der Waals surface area (Å²) >= 11 is 8.74. The van der Waals surface area contributed by atoms with Gasteiger partial charge >= 0.3 is 0 Å². The zero-order chi connectivity index (χ0) is 19.9. The number of ketones is 1. The third kappa shape index (κ3) is 5.13. The number of halogens is 2. The minimum atomic E-state index is -0.0674. The molecule has 0 aliphatic heterocycles. The zero-order valence-corrected chi connectivity index (χ0v) is 18.5. The van der Waals surface area contributed by atoms with E-state index in [0.717, 1.165) is 33.5 Å². The topological polar surface area (TPSA) is 38.3 Å². The molecule has 28 heavy (non-hydrogen) atoms. The number of aryl methyl sites for hydroxylation is 1. The Kier molecular flexibility index (Phi) is 7.48. The summed E-state index contributed by atoms with van der Waals surface area (Å²) in [5, 5.41) is 3.81. The first-order chi connectivity index (χ1) is 13.6. The number of carbonyl (C=O) groups is 1. The Morgan fingerprint density at radius 3 is 2.54 bits per heavy atom. The second kappa shape index (κ2) is 10.0. The molecule has 1 N–H and O–H groups in total. The quantitative estimate of drug-likeness (QED) is 0.163. The molecular weight excluding hydrogens is 485 g/mol. The normalized spacial score (nSPS) is 10.7. The Bertz CT molecular complexity index is 974. The predicted molar refractivity (Wildman–Crippen MR) is 124 cm³/mol. The highest BCUT2D eigenvalue weighted by atomic mass is 127. The summed E-state index contributed by atoms with van der Waals surface area (Å²) in [6.45, 7) is 3.19. The minimum absolute atomic E-state index is 0.0674. The van der Waals surface area contributed by atoms with Gasteiger partial charge in [0.05, 0.1) is 18.2 Å². The zero-order valence-electron chi connectivity index (χ0n) is 15.5. The highest BCUT2D eigenvalue weighted by Crippen LogP contribution is 2.28. The van der Waals surface area contributed by atoms with Gasteiger partial charge in [0, 0.05) is 32.5 Å². The van der Waals surface area contributed by atoms with Crippen LogP contribution in [0.2, 0.25) is 5.02 Å². The van der Waals surface area contributed by atoms with Crippen molar-refractivity contribution in [2.24, 2.45) is 0 Å². The summed E-state index contributed by atoms with van der Waals surface area (Å²) < 4.78 is 6.62. The Labute approximate surface area is 184 Å². The summed E-state index contributed by atoms with van der Waals surface area (Å²) in [5.74, 6) is -0.0674. The van der Waals surface area contributed by atoms with Gasteiger partial charge in [-0.25, -0.2) is 0 Å². The summed E-state index contributed by atoms with van der Waals surface area (Å²) in [5.41, 5.74) is 4.97. The van der Waals surface area contributed by atoms with E-state index < -0.39 is 0 Å². The average molecular weight is 506 g/mol. The van der Waals surface area contributed by atoms with E-state index >= 15 is 0 Å². The molecule has 3 aromatic carbocycles. The van der Waals surface area contributed by atoms with Crippen LogP contribution < -0.4 is 5.32 Å². The molecule has 0 atom stereocenters. The molecule has 0 aliphatic rings. The maximum absolute atomic E-state index is 12.8. The lowest BCUT2D eigenvalue weighted by Gasteiger charge is -2.14. The molecule has 0 unspecified atom stereocenters. The SMILES string of the molecule is Cc1ccccc1C(=O)c1ccc(Nc2ccccc2COCCI)cc1Cl. The molecule has 0 aromatic heterocycles. The van der Waals surface area contributed by atoms with Crippen molar-refractivity contribution in [3.63, 3.8) is 0 Å². The first-order valence-corrected chi connectivity index (χ1v) is 10.9. The highest BCUT2D eigenvalue weighted by molar-refractivity contribution is 14.1. The number of alkyl halides is 1. The van der Waals surface area contributed by atoms with Gasteiger partial charge in [-0.15, -0.1) is 0 Å². The van der Waals surface area contributed by atoms with Crippen LogP contribution in [0.25, 0.3) is 0 Å². The van der Waals surface area contributed by atoms with E-state index in [2.05, 4.69) is 27.9 Å². The number of anilines is 2. The number of benzene rings is 3. The van der Waals surface area contributed by atoms with E-state index in [-0.39, 0.29) is 5.78 Å². The van der Waals surface area contributed by atoms with Gasteiger partial charge in [-0.2, -0.15) is 0 Å². The molecule has 0 aliphatic carbocycles. The molecule has 0 radical (unpaired) electrons. The number of rotatable bonds is 8. The number of para-hydroxylation sites is 1. The molecule has 0 bridgehead atoms. The largest absolute Gasteiger partial charge is 0.376 e. The Morgan fingerprint density at radius 1 is 1.04 bits per heavy atom. The van der Waals surface area contributed by atoms with Crippen LogP contribution in [0.5, 0.6) is 0 Å². The molecule has 0 saturated heterocycles. The van der Waals surface area contributed by atoms with Crippen LogP contribution in [0.4, 0.5) is 11.4 Å². The smallest absolute Gasteiger partial charge is 0.194 e. The van der Waals surface area contributed by atoms with E-state index in [0.29, 0.717) is 22.8 Å². The first-order valence-electron chi connectivity index (χ1n) is 8.98. The van der Waals surface area contributed by atoms with Gasteiger partial charge in [-0.3, -0.25) is 4.79 Å².